The van der Waals surface area contributed by atoms with Crippen molar-refractivity contribution in [3.05, 3.63) is 70.3 Å². The van der Waals surface area contributed by atoms with Gasteiger partial charge in [-0.2, -0.15) is 5.26 Å². The van der Waals surface area contributed by atoms with E-state index in [0.29, 0.717) is 11.1 Å². The predicted molar refractivity (Wildman–Crippen MR) is 97.2 cm³/mol. The topological polar surface area (TPSA) is 70.0 Å². The quantitative estimate of drug-likeness (QED) is 0.811. The highest BCUT2D eigenvalue weighted by Gasteiger charge is 2.13. The number of aryl methyl sites for hydroxylation is 2. The smallest absolute Gasteiger partial charge is 0.220 e. The molecule has 0 saturated carbocycles. The summed E-state index contributed by atoms with van der Waals surface area (Å²) in [6.45, 7) is 5.85. The average Bonchev–Trinajstić information content (AvgIpc) is 2.62. The van der Waals surface area contributed by atoms with Crippen molar-refractivity contribution in [2.45, 2.75) is 39.7 Å². The number of nitrogens with one attached hydrogen (secondary N) is 1. The van der Waals surface area contributed by atoms with E-state index in [1.807, 2.05) is 51.1 Å². The summed E-state index contributed by atoms with van der Waals surface area (Å²) in [7, 11) is 0. The number of rotatable bonds is 6. The summed E-state index contributed by atoms with van der Waals surface area (Å²) in [6, 6.07) is 14.6. The van der Waals surface area contributed by atoms with Gasteiger partial charge in [0.25, 0.3) is 0 Å². The second kappa shape index (κ2) is 8.25. The number of nitriles is 1. The highest BCUT2D eigenvalue weighted by Crippen LogP contribution is 2.15. The Balaban J connectivity index is 1.87. The second-order valence-corrected chi connectivity index (χ2v) is 6.25. The fourth-order valence-electron chi connectivity index (χ4n) is 2.53. The van der Waals surface area contributed by atoms with Crippen LogP contribution in [0.15, 0.2) is 42.5 Å². The molecule has 1 unspecified atom stereocenters. The Bertz CT molecular complexity index is 817. The highest BCUT2D eigenvalue weighted by molar-refractivity contribution is 5.98. The zero-order valence-electron chi connectivity index (χ0n) is 14.8. The van der Waals surface area contributed by atoms with Crippen molar-refractivity contribution < 1.29 is 9.59 Å². The van der Waals surface area contributed by atoms with Gasteiger partial charge in [0.15, 0.2) is 5.78 Å². The lowest BCUT2D eigenvalue weighted by Crippen LogP contribution is -2.27. The van der Waals surface area contributed by atoms with Gasteiger partial charge in [-0.3, -0.25) is 9.59 Å². The number of Topliss-reactive ketones (excluding diaryl/α,β-unsaturated/α-hetero) is 1. The van der Waals surface area contributed by atoms with Crippen molar-refractivity contribution in [1.82, 2.24) is 5.32 Å². The second-order valence-electron chi connectivity index (χ2n) is 6.25. The molecule has 1 N–H and O–H groups in total. The first kappa shape index (κ1) is 18.4. The highest BCUT2D eigenvalue weighted by atomic mass is 16.2. The molecule has 0 radical (unpaired) electrons. The normalized spacial score (nSPS) is 11.4. The van der Waals surface area contributed by atoms with Crippen LogP contribution in [-0.2, 0) is 4.79 Å². The molecule has 2 aromatic carbocycles. The molecule has 4 heteroatoms. The van der Waals surface area contributed by atoms with E-state index < -0.39 is 0 Å². The minimum atomic E-state index is -0.169. The van der Waals surface area contributed by atoms with E-state index in [1.54, 1.807) is 12.1 Å². The molecular weight excluding hydrogens is 312 g/mol. The van der Waals surface area contributed by atoms with Crippen LogP contribution in [0.4, 0.5) is 0 Å². The molecular formula is C21H22N2O2. The van der Waals surface area contributed by atoms with Crippen LogP contribution in [0.3, 0.4) is 0 Å². The molecule has 0 aromatic heterocycles. The van der Waals surface area contributed by atoms with E-state index in [-0.39, 0.29) is 30.6 Å². The van der Waals surface area contributed by atoms with Gasteiger partial charge in [-0.1, -0.05) is 24.3 Å². The molecule has 25 heavy (non-hydrogen) atoms. The average molecular weight is 334 g/mol. The van der Waals surface area contributed by atoms with E-state index in [2.05, 4.69) is 11.4 Å². The molecule has 0 heterocycles. The summed E-state index contributed by atoms with van der Waals surface area (Å²) >= 11 is 0. The van der Waals surface area contributed by atoms with Gasteiger partial charge in [0.1, 0.15) is 0 Å². The SMILES string of the molecule is Cc1ccc(C(=O)CCC(=O)NC(C)c2ccc(C#N)cc2)cc1C. The number of ketones is 1. The third-order valence-electron chi connectivity index (χ3n) is 4.33. The van der Waals surface area contributed by atoms with E-state index in [9.17, 15) is 9.59 Å². The maximum absolute atomic E-state index is 12.2. The van der Waals surface area contributed by atoms with Gasteiger partial charge in [-0.15, -0.1) is 0 Å². The lowest BCUT2D eigenvalue weighted by atomic mass is 10.0. The molecule has 0 bridgehead atoms. The number of nitrogens with zero attached hydrogens (tertiary/aromatic N) is 1. The number of hydrogen-bond donors (Lipinski definition) is 1. The van der Waals surface area contributed by atoms with E-state index in [4.69, 9.17) is 5.26 Å². The third kappa shape index (κ3) is 5.02. The van der Waals surface area contributed by atoms with Crippen LogP contribution >= 0.6 is 0 Å². The maximum atomic E-state index is 12.2. The molecule has 0 fully saturated rings. The van der Waals surface area contributed by atoms with Gasteiger partial charge in [-0.05, 0) is 55.7 Å². The number of carbonyl (C=O) groups excluding carboxylic acids is 2. The number of amides is 1. The molecule has 0 aliphatic rings. The van der Waals surface area contributed by atoms with Crippen molar-refractivity contribution in [2.24, 2.45) is 0 Å². The predicted octanol–water partition coefficient (Wildman–Crippen LogP) is 4.02. The Labute approximate surface area is 148 Å². The van der Waals surface area contributed by atoms with Gasteiger partial charge in [0, 0.05) is 18.4 Å². The van der Waals surface area contributed by atoms with Crippen molar-refractivity contribution in [3.63, 3.8) is 0 Å². The fraction of sp³-hybridized carbons (Fsp3) is 0.286. The number of hydrogen-bond acceptors (Lipinski definition) is 3. The Morgan fingerprint density at radius 1 is 1.04 bits per heavy atom. The van der Waals surface area contributed by atoms with Crippen LogP contribution in [0.25, 0.3) is 0 Å². The van der Waals surface area contributed by atoms with E-state index in [0.717, 1.165) is 16.7 Å². The third-order valence-corrected chi connectivity index (χ3v) is 4.33. The minimum Gasteiger partial charge on any atom is -0.350 e. The largest absolute Gasteiger partial charge is 0.350 e. The van der Waals surface area contributed by atoms with Crippen LogP contribution in [0, 0.1) is 25.2 Å². The Hall–Kier alpha value is -2.93. The summed E-state index contributed by atoms with van der Waals surface area (Å²) in [5.41, 5.74) is 4.38. The minimum absolute atomic E-state index is 0.0238. The first-order chi connectivity index (χ1) is 11.9. The summed E-state index contributed by atoms with van der Waals surface area (Å²) in [5, 5.41) is 11.7. The van der Waals surface area contributed by atoms with Crippen molar-refractivity contribution in [2.75, 3.05) is 0 Å². The molecule has 1 atom stereocenters. The van der Waals surface area contributed by atoms with Crippen LogP contribution in [-0.4, -0.2) is 11.7 Å². The van der Waals surface area contributed by atoms with Crippen LogP contribution in [0.5, 0.6) is 0 Å². The Morgan fingerprint density at radius 2 is 1.72 bits per heavy atom. The van der Waals surface area contributed by atoms with Crippen molar-refractivity contribution in [1.29, 1.82) is 5.26 Å². The summed E-state index contributed by atoms with van der Waals surface area (Å²) in [6.07, 6.45) is 0.348. The van der Waals surface area contributed by atoms with Gasteiger partial charge in [0.2, 0.25) is 5.91 Å². The molecule has 0 spiro atoms. The molecule has 4 nitrogen and oxygen atoms in total. The number of carbonyl (C=O) groups is 2. The van der Waals surface area contributed by atoms with Gasteiger partial charge in [0.05, 0.1) is 17.7 Å². The molecule has 2 aromatic rings. The summed E-state index contributed by atoms with van der Waals surface area (Å²) in [4.78, 5) is 24.3. The van der Waals surface area contributed by atoms with Crippen LogP contribution < -0.4 is 5.32 Å². The molecule has 0 aliphatic carbocycles. The Kier molecular flexibility index (Phi) is 6.08. The molecule has 128 valence electrons. The number of benzene rings is 2. The van der Waals surface area contributed by atoms with Crippen molar-refractivity contribution >= 4 is 11.7 Å². The van der Waals surface area contributed by atoms with E-state index in [1.165, 1.54) is 0 Å². The first-order valence-electron chi connectivity index (χ1n) is 8.30. The fourth-order valence-corrected chi connectivity index (χ4v) is 2.53. The van der Waals surface area contributed by atoms with Gasteiger partial charge >= 0.3 is 0 Å². The monoisotopic (exact) mass is 334 g/mol. The lowest BCUT2D eigenvalue weighted by molar-refractivity contribution is -0.121. The van der Waals surface area contributed by atoms with Gasteiger partial charge in [-0.25, -0.2) is 0 Å². The molecule has 1 amide bonds. The molecule has 0 saturated heterocycles. The van der Waals surface area contributed by atoms with E-state index >= 15 is 0 Å². The summed E-state index contributed by atoms with van der Waals surface area (Å²) in [5.74, 6) is -0.182. The first-order valence-corrected chi connectivity index (χ1v) is 8.30. The summed E-state index contributed by atoms with van der Waals surface area (Å²) < 4.78 is 0. The molecule has 0 aliphatic heterocycles. The standard InChI is InChI=1S/C21H22N2O2/c1-14-4-7-19(12-15(14)2)20(24)10-11-21(25)23-16(3)18-8-5-17(13-22)6-9-18/h4-9,12,16H,10-11H2,1-3H3,(H,23,25). The zero-order valence-corrected chi connectivity index (χ0v) is 14.8. The molecule has 2 rings (SSSR count). The van der Waals surface area contributed by atoms with Gasteiger partial charge < -0.3 is 5.32 Å². The van der Waals surface area contributed by atoms with Crippen LogP contribution in [0.1, 0.15) is 58.4 Å². The zero-order chi connectivity index (χ0) is 18.4. The lowest BCUT2D eigenvalue weighted by Gasteiger charge is -2.14. The van der Waals surface area contributed by atoms with Crippen molar-refractivity contribution in [3.8, 4) is 6.07 Å². The van der Waals surface area contributed by atoms with Crippen LogP contribution in [0.2, 0.25) is 0 Å². The maximum Gasteiger partial charge on any atom is 0.220 e. The Morgan fingerprint density at radius 3 is 2.32 bits per heavy atom.